The van der Waals surface area contributed by atoms with Crippen molar-refractivity contribution in [2.24, 2.45) is 0 Å². The summed E-state index contributed by atoms with van der Waals surface area (Å²) in [5, 5.41) is 7.44. The minimum Gasteiger partial charge on any atom is -0.313 e. The van der Waals surface area contributed by atoms with Crippen molar-refractivity contribution in [1.82, 2.24) is 15.1 Å². The molecule has 1 N–H and O–H groups in total. The molecule has 0 aliphatic rings. The number of nitrogens with zero attached hydrogens (tertiary/aromatic N) is 2. The van der Waals surface area contributed by atoms with Crippen LogP contribution in [0.1, 0.15) is 25.8 Å². The molecule has 0 aliphatic heterocycles. The second kappa shape index (κ2) is 6.48. The largest absolute Gasteiger partial charge is 0.313 e. The standard InChI is InChI=1S/C15H20FN3/c1-3-8-17-11-12-5-6-13(14(16)10-12)15-7-9-18-19(15)4-2/h5-7,9-10,17H,3-4,8,11H2,1-2H3. The summed E-state index contributed by atoms with van der Waals surface area (Å²) in [4.78, 5) is 0. The lowest BCUT2D eigenvalue weighted by molar-refractivity contribution is 0.614. The molecule has 0 amide bonds. The van der Waals surface area contributed by atoms with Crippen molar-refractivity contribution in [2.45, 2.75) is 33.4 Å². The monoisotopic (exact) mass is 261 g/mol. The van der Waals surface area contributed by atoms with Gasteiger partial charge in [-0.1, -0.05) is 13.0 Å². The van der Waals surface area contributed by atoms with E-state index in [0.29, 0.717) is 12.1 Å². The Morgan fingerprint density at radius 3 is 2.79 bits per heavy atom. The number of nitrogens with one attached hydrogen (secondary N) is 1. The highest BCUT2D eigenvalue weighted by atomic mass is 19.1. The Labute approximate surface area is 113 Å². The smallest absolute Gasteiger partial charge is 0.132 e. The van der Waals surface area contributed by atoms with Gasteiger partial charge in [-0.25, -0.2) is 4.39 Å². The summed E-state index contributed by atoms with van der Waals surface area (Å²) in [5.41, 5.74) is 2.41. The molecule has 19 heavy (non-hydrogen) atoms. The highest BCUT2D eigenvalue weighted by Gasteiger charge is 2.10. The van der Waals surface area contributed by atoms with Crippen molar-refractivity contribution in [3.05, 3.63) is 41.8 Å². The van der Waals surface area contributed by atoms with Crippen LogP contribution in [0.25, 0.3) is 11.3 Å². The number of rotatable bonds is 6. The minimum absolute atomic E-state index is 0.189. The lowest BCUT2D eigenvalue weighted by Gasteiger charge is -2.08. The summed E-state index contributed by atoms with van der Waals surface area (Å²) < 4.78 is 16.0. The van der Waals surface area contributed by atoms with Crippen LogP contribution in [0.4, 0.5) is 4.39 Å². The maximum Gasteiger partial charge on any atom is 0.132 e. The summed E-state index contributed by atoms with van der Waals surface area (Å²) >= 11 is 0. The fourth-order valence-electron chi connectivity index (χ4n) is 2.10. The van der Waals surface area contributed by atoms with Crippen molar-refractivity contribution < 1.29 is 4.39 Å². The molecule has 2 aromatic rings. The Hall–Kier alpha value is -1.68. The maximum atomic E-state index is 14.2. The lowest BCUT2D eigenvalue weighted by Crippen LogP contribution is -2.13. The van der Waals surface area contributed by atoms with E-state index < -0.39 is 0 Å². The molecular formula is C15H20FN3. The van der Waals surface area contributed by atoms with E-state index in [2.05, 4.69) is 17.3 Å². The van der Waals surface area contributed by atoms with Gasteiger partial charge in [0.15, 0.2) is 0 Å². The van der Waals surface area contributed by atoms with Gasteiger partial charge in [-0.3, -0.25) is 4.68 Å². The van der Waals surface area contributed by atoms with Crippen molar-refractivity contribution in [3.8, 4) is 11.3 Å². The first-order valence-corrected chi connectivity index (χ1v) is 6.77. The zero-order valence-electron chi connectivity index (χ0n) is 11.5. The zero-order valence-corrected chi connectivity index (χ0v) is 11.5. The molecule has 0 bridgehead atoms. The van der Waals surface area contributed by atoms with E-state index in [1.54, 1.807) is 16.9 Å². The Morgan fingerprint density at radius 2 is 2.11 bits per heavy atom. The van der Waals surface area contributed by atoms with Gasteiger partial charge in [0, 0.05) is 24.8 Å². The second-order valence-electron chi connectivity index (χ2n) is 4.52. The number of aromatic nitrogens is 2. The van der Waals surface area contributed by atoms with Crippen LogP contribution in [-0.2, 0) is 13.1 Å². The molecule has 102 valence electrons. The normalized spacial score (nSPS) is 10.9. The van der Waals surface area contributed by atoms with Gasteiger partial charge in [-0.05, 0) is 43.7 Å². The topological polar surface area (TPSA) is 29.9 Å². The fraction of sp³-hybridized carbons (Fsp3) is 0.400. The van der Waals surface area contributed by atoms with Gasteiger partial charge < -0.3 is 5.32 Å². The van der Waals surface area contributed by atoms with Gasteiger partial charge in [-0.2, -0.15) is 5.10 Å². The molecule has 4 heteroatoms. The molecule has 0 spiro atoms. The Bertz CT molecular complexity index is 534. The van der Waals surface area contributed by atoms with E-state index in [9.17, 15) is 4.39 Å². The molecule has 1 aromatic carbocycles. The van der Waals surface area contributed by atoms with Crippen LogP contribution in [0.5, 0.6) is 0 Å². The SMILES string of the molecule is CCCNCc1ccc(-c2ccnn2CC)c(F)c1. The van der Waals surface area contributed by atoms with E-state index in [1.807, 2.05) is 25.1 Å². The number of aryl methyl sites for hydroxylation is 1. The predicted molar refractivity (Wildman–Crippen MR) is 75.3 cm³/mol. The quantitative estimate of drug-likeness (QED) is 0.809. The number of halogens is 1. The second-order valence-corrected chi connectivity index (χ2v) is 4.52. The number of hydrogen-bond donors (Lipinski definition) is 1. The molecule has 0 fully saturated rings. The third-order valence-electron chi connectivity index (χ3n) is 3.08. The van der Waals surface area contributed by atoms with E-state index in [0.717, 1.165) is 30.8 Å². The summed E-state index contributed by atoms with van der Waals surface area (Å²) in [6, 6.07) is 7.25. The fourth-order valence-corrected chi connectivity index (χ4v) is 2.10. The Kier molecular flexibility index (Phi) is 4.68. The molecule has 0 saturated carbocycles. The third kappa shape index (κ3) is 3.20. The van der Waals surface area contributed by atoms with Crippen molar-refractivity contribution in [3.63, 3.8) is 0 Å². The minimum atomic E-state index is -0.189. The van der Waals surface area contributed by atoms with Crippen molar-refractivity contribution in [2.75, 3.05) is 6.54 Å². The molecule has 2 rings (SSSR count). The van der Waals surface area contributed by atoms with E-state index in [1.165, 1.54) is 0 Å². The molecule has 1 heterocycles. The van der Waals surface area contributed by atoms with Gasteiger partial charge in [-0.15, -0.1) is 0 Å². The van der Waals surface area contributed by atoms with E-state index in [-0.39, 0.29) is 5.82 Å². The number of hydrogen-bond acceptors (Lipinski definition) is 2. The van der Waals surface area contributed by atoms with Crippen LogP contribution in [0.15, 0.2) is 30.5 Å². The summed E-state index contributed by atoms with van der Waals surface area (Å²) in [6.45, 7) is 6.51. The van der Waals surface area contributed by atoms with Crippen LogP contribution in [0.3, 0.4) is 0 Å². The molecule has 1 aromatic heterocycles. The van der Waals surface area contributed by atoms with E-state index in [4.69, 9.17) is 0 Å². The van der Waals surface area contributed by atoms with E-state index >= 15 is 0 Å². The van der Waals surface area contributed by atoms with Gasteiger partial charge in [0.1, 0.15) is 5.82 Å². The zero-order chi connectivity index (χ0) is 13.7. The summed E-state index contributed by atoms with van der Waals surface area (Å²) in [5.74, 6) is -0.189. The first kappa shape index (κ1) is 13.7. The van der Waals surface area contributed by atoms with Gasteiger partial charge in [0.2, 0.25) is 0 Å². The Morgan fingerprint density at radius 1 is 1.26 bits per heavy atom. The molecule has 0 atom stereocenters. The first-order valence-electron chi connectivity index (χ1n) is 6.77. The highest BCUT2D eigenvalue weighted by Crippen LogP contribution is 2.23. The summed E-state index contributed by atoms with van der Waals surface area (Å²) in [7, 11) is 0. The average molecular weight is 261 g/mol. The summed E-state index contributed by atoms with van der Waals surface area (Å²) in [6.07, 6.45) is 2.78. The molecular weight excluding hydrogens is 241 g/mol. The van der Waals surface area contributed by atoms with Gasteiger partial charge in [0.25, 0.3) is 0 Å². The van der Waals surface area contributed by atoms with Gasteiger partial charge >= 0.3 is 0 Å². The third-order valence-corrected chi connectivity index (χ3v) is 3.08. The van der Waals surface area contributed by atoms with Crippen LogP contribution < -0.4 is 5.32 Å². The lowest BCUT2D eigenvalue weighted by atomic mass is 10.1. The molecule has 3 nitrogen and oxygen atoms in total. The van der Waals surface area contributed by atoms with Crippen LogP contribution in [-0.4, -0.2) is 16.3 Å². The molecule has 0 saturated heterocycles. The van der Waals surface area contributed by atoms with Crippen LogP contribution >= 0.6 is 0 Å². The average Bonchev–Trinajstić information content (AvgIpc) is 2.87. The van der Waals surface area contributed by atoms with Crippen molar-refractivity contribution in [1.29, 1.82) is 0 Å². The van der Waals surface area contributed by atoms with Crippen LogP contribution in [0, 0.1) is 5.82 Å². The Balaban J connectivity index is 2.19. The first-order chi connectivity index (χ1) is 9.26. The molecule has 0 unspecified atom stereocenters. The van der Waals surface area contributed by atoms with Gasteiger partial charge in [0.05, 0.1) is 5.69 Å². The molecule has 0 aliphatic carbocycles. The highest BCUT2D eigenvalue weighted by molar-refractivity contribution is 5.60. The molecule has 0 radical (unpaired) electrons. The maximum absolute atomic E-state index is 14.2. The van der Waals surface area contributed by atoms with Crippen molar-refractivity contribution >= 4 is 0 Å². The number of benzene rings is 1. The van der Waals surface area contributed by atoms with Crippen LogP contribution in [0.2, 0.25) is 0 Å². The predicted octanol–water partition coefficient (Wildman–Crippen LogP) is 3.21.